The Balaban J connectivity index is 2.31. The van der Waals surface area contributed by atoms with E-state index in [0.29, 0.717) is 12.8 Å². The molecule has 1 unspecified atom stereocenters. The molecule has 1 rings (SSSR count). The molecule has 1 saturated heterocycles. The number of hydrogen-bond acceptors (Lipinski definition) is 3. The minimum Gasteiger partial charge on any atom is -0.481 e. The molecule has 0 amide bonds. The van der Waals surface area contributed by atoms with Gasteiger partial charge in [-0.2, -0.15) is 0 Å². The molecule has 1 N–H and O–H groups in total. The Morgan fingerprint density at radius 3 is 2.16 bits per heavy atom. The summed E-state index contributed by atoms with van der Waals surface area (Å²) < 4.78 is 23.0. The van der Waals surface area contributed by atoms with Crippen LogP contribution in [0.15, 0.2) is 0 Å². The Hall–Kier alpha value is -0.580. The molecule has 0 saturated carbocycles. The zero-order valence-corrected chi connectivity index (χ0v) is 12.7. The van der Waals surface area contributed by atoms with Crippen molar-refractivity contribution in [3.8, 4) is 0 Å². The summed E-state index contributed by atoms with van der Waals surface area (Å²) in [6.45, 7) is 2.18. The molecule has 0 radical (unpaired) electrons. The predicted octanol–water partition coefficient (Wildman–Crippen LogP) is 3.02. The van der Waals surface area contributed by atoms with Crippen LogP contribution in [0.25, 0.3) is 0 Å². The quantitative estimate of drug-likeness (QED) is 0.663. The van der Waals surface area contributed by atoms with E-state index in [4.69, 9.17) is 0 Å². The van der Waals surface area contributed by atoms with Crippen LogP contribution in [0.1, 0.15) is 64.7 Å². The molecule has 1 atom stereocenters. The van der Waals surface area contributed by atoms with Crippen LogP contribution in [0.3, 0.4) is 0 Å². The van der Waals surface area contributed by atoms with Crippen molar-refractivity contribution in [2.75, 3.05) is 11.5 Å². The smallest absolute Gasteiger partial charge is 0.310 e. The number of carboxylic acid groups (broad SMARTS) is 1. The predicted molar refractivity (Wildman–Crippen MR) is 75.9 cm³/mol. The van der Waals surface area contributed by atoms with E-state index >= 15 is 0 Å². The monoisotopic (exact) mass is 290 g/mol. The molecule has 0 spiro atoms. The highest BCUT2D eigenvalue weighted by atomic mass is 32.2. The summed E-state index contributed by atoms with van der Waals surface area (Å²) in [5.41, 5.74) is -0.998. The number of carboxylic acids is 1. The van der Waals surface area contributed by atoms with Gasteiger partial charge in [-0.15, -0.1) is 0 Å². The molecule has 1 aliphatic rings. The molecule has 1 heterocycles. The summed E-state index contributed by atoms with van der Waals surface area (Å²) in [7, 11) is -3.13. The van der Waals surface area contributed by atoms with E-state index in [-0.39, 0.29) is 11.5 Å². The maximum absolute atomic E-state index is 11.5. The molecule has 0 aliphatic carbocycles. The van der Waals surface area contributed by atoms with Gasteiger partial charge in [-0.3, -0.25) is 4.79 Å². The molecule has 19 heavy (non-hydrogen) atoms. The lowest BCUT2D eigenvalue weighted by Crippen LogP contribution is -2.32. The van der Waals surface area contributed by atoms with Crippen molar-refractivity contribution in [2.24, 2.45) is 5.41 Å². The fraction of sp³-hybridized carbons (Fsp3) is 0.929. The first-order valence-electron chi connectivity index (χ1n) is 7.36. The molecule has 0 bridgehead atoms. The van der Waals surface area contributed by atoms with Crippen molar-refractivity contribution in [2.45, 2.75) is 64.7 Å². The van der Waals surface area contributed by atoms with Gasteiger partial charge in [0.2, 0.25) is 0 Å². The lowest BCUT2D eigenvalue weighted by Gasteiger charge is -2.22. The first kappa shape index (κ1) is 16.5. The highest BCUT2D eigenvalue weighted by Gasteiger charge is 2.47. The SMILES string of the molecule is CCCCCCCCCC1(C(=O)O)CCS(=O)(=O)C1. The first-order valence-corrected chi connectivity index (χ1v) is 9.18. The lowest BCUT2D eigenvalue weighted by molar-refractivity contribution is -0.147. The topological polar surface area (TPSA) is 71.4 Å². The third kappa shape index (κ3) is 5.13. The van der Waals surface area contributed by atoms with Crippen molar-refractivity contribution in [3.05, 3.63) is 0 Å². The van der Waals surface area contributed by atoms with Crippen LogP contribution in [-0.4, -0.2) is 31.0 Å². The van der Waals surface area contributed by atoms with E-state index in [2.05, 4.69) is 6.92 Å². The van der Waals surface area contributed by atoms with Crippen molar-refractivity contribution in [3.63, 3.8) is 0 Å². The molecule has 0 aromatic carbocycles. The van der Waals surface area contributed by atoms with Gasteiger partial charge in [0, 0.05) is 0 Å². The Morgan fingerprint density at radius 1 is 1.11 bits per heavy atom. The summed E-state index contributed by atoms with van der Waals surface area (Å²) in [6.07, 6.45) is 8.70. The summed E-state index contributed by atoms with van der Waals surface area (Å²) in [6, 6.07) is 0. The van der Waals surface area contributed by atoms with E-state index in [1.54, 1.807) is 0 Å². The van der Waals surface area contributed by atoms with Crippen LogP contribution < -0.4 is 0 Å². The van der Waals surface area contributed by atoms with E-state index < -0.39 is 21.2 Å². The number of unbranched alkanes of at least 4 members (excludes halogenated alkanes) is 6. The Bertz CT molecular complexity index is 388. The average molecular weight is 290 g/mol. The molecule has 1 aliphatic heterocycles. The second kappa shape index (κ2) is 7.27. The Morgan fingerprint density at radius 2 is 1.68 bits per heavy atom. The highest BCUT2D eigenvalue weighted by Crippen LogP contribution is 2.37. The number of hydrogen-bond donors (Lipinski definition) is 1. The van der Waals surface area contributed by atoms with Crippen molar-refractivity contribution in [1.82, 2.24) is 0 Å². The fourth-order valence-electron chi connectivity index (χ4n) is 2.81. The van der Waals surface area contributed by atoms with Crippen molar-refractivity contribution >= 4 is 15.8 Å². The zero-order valence-electron chi connectivity index (χ0n) is 11.9. The first-order chi connectivity index (χ1) is 8.92. The molecular formula is C14H26O4S. The van der Waals surface area contributed by atoms with Gasteiger partial charge in [-0.1, -0.05) is 51.9 Å². The van der Waals surface area contributed by atoms with Gasteiger partial charge >= 0.3 is 5.97 Å². The average Bonchev–Trinajstić information content (AvgIpc) is 2.65. The normalized spacial score (nSPS) is 25.5. The largest absolute Gasteiger partial charge is 0.481 e. The number of carbonyl (C=O) groups is 1. The lowest BCUT2D eigenvalue weighted by atomic mass is 9.82. The molecule has 0 aromatic rings. The Labute approximate surface area is 116 Å². The summed E-state index contributed by atoms with van der Waals surface area (Å²) in [5.74, 6) is -1.06. The van der Waals surface area contributed by atoms with Crippen LogP contribution in [0.4, 0.5) is 0 Å². The van der Waals surface area contributed by atoms with E-state index in [1.165, 1.54) is 25.7 Å². The maximum Gasteiger partial charge on any atom is 0.310 e. The third-order valence-corrected chi connectivity index (χ3v) is 5.92. The van der Waals surface area contributed by atoms with Gasteiger partial charge in [0.1, 0.15) is 0 Å². The van der Waals surface area contributed by atoms with Crippen LogP contribution in [0.5, 0.6) is 0 Å². The summed E-state index contributed by atoms with van der Waals surface area (Å²) >= 11 is 0. The van der Waals surface area contributed by atoms with E-state index in [9.17, 15) is 18.3 Å². The fourth-order valence-corrected chi connectivity index (χ4v) is 4.91. The number of rotatable bonds is 9. The van der Waals surface area contributed by atoms with Crippen molar-refractivity contribution in [1.29, 1.82) is 0 Å². The second-order valence-electron chi connectivity index (χ2n) is 5.80. The van der Waals surface area contributed by atoms with Gasteiger partial charge in [-0.25, -0.2) is 8.42 Å². The van der Waals surface area contributed by atoms with Crippen LogP contribution in [0, 0.1) is 5.41 Å². The molecule has 112 valence electrons. The molecular weight excluding hydrogens is 264 g/mol. The van der Waals surface area contributed by atoms with Gasteiger partial charge in [0.05, 0.1) is 16.9 Å². The number of aliphatic carboxylic acids is 1. The van der Waals surface area contributed by atoms with Crippen molar-refractivity contribution < 1.29 is 18.3 Å². The standard InChI is InChI=1S/C14H26O4S/c1-2-3-4-5-6-7-8-9-14(13(15)16)10-11-19(17,18)12-14/h2-12H2,1H3,(H,15,16). The molecule has 0 aromatic heterocycles. The van der Waals surface area contributed by atoms with Gasteiger partial charge in [0.15, 0.2) is 9.84 Å². The van der Waals surface area contributed by atoms with Gasteiger partial charge in [0.25, 0.3) is 0 Å². The van der Waals surface area contributed by atoms with Crippen LogP contribution >= 0.6 is 0 Å². The van der Waals surface area contributed by atoms with E-state index in [1.807, 2.05) is 0 Å². The van der Waals surface area contributed by atoms with Crippen LogP contribution in [0.2, 0.25) is 0 Å². The van der Waals surface area contributed by atoms with E-state index in [0.717, 1.165) is 19.3 Å². The zero-order chi connectivity index (χ0) is 14.4. The number of sulfone groups is 1. The molecule has 1 fully saturated rings. The Kier molecular flexibility index (Phi) is 6.30. The highest BCUT2D eigenvalue weighted by molar-refractivity contribution is 7.91. The molecule has 4 nitrogen and oxygen atoms in total. The molecule has 5 heteroatoms. The second-order valence-corrected chi connectivity index (χ2v) is 7.98. The third-order valence-electron chi connectivity index (χ3n) is 4.10. The van der Waals surface area contributed by atoms with Crippen LogP contribution in [-0.2, 0) is 14.6 Å². The maximum atomic E-state index is 11.5. The minimum absolute atomic E-state index is 0.0375. The summed E-state index contributed by atoms with van der Waals surface area (Å²) in [5, 5.41) is 9.30. The summed E-state index contributed by atoms with van der Waals surface area (Å²) in [4.78, 5) is 11.4. The van der Waals surface area contributed by atoms with Gasteiger partial charge < -0.3 is 5.11 Å². The minimum atomic E-state index is -3.13. The van der Waals surface area contributed by atoms with Gasteiger partial charge in [-0.05, 0) is 12.8 Å².